The van der Waals surface area contributed by atoms with Crippen molar-refractivity contribution in [3.63, 3.8) is 0 Å². The molecule has 12 atom stereocenters. The van der Waals surface area contributed by atoms with Crippen molar-refractivity contribution in [3.05, 3.63) is 140 Å². The average Bonchev–Trinajstić information content (AvgIpc) is 1.72. The minimum absolute atomic E-state index is 0.0313. The Labute approximate surface area is 494 Å². The normalized spacial score (nSPS) is 27.3. The van der Waals surface area contributed by atoms with Gasteiger partial charge in [-0.05, 0) is 122 Å². The molecule has 0 bridgehead atoms. The van der Waals surface area contributed by atoms with E-state index < -0.39 is 130 Å². The average molecular weight is 1350 g/mol. The Morgan fingerprint density at radius 2 is 1.23 bits per heavy atom. The van der Waals surface area contributed by atoms with Gasteiger partial charge in [-0.15, -0.1) is 0 Å². The van der Waals surface area contributed by atoms with E-state index in [1.807, 2.05) is 17.1 Å². The van der Waals surface area contributed by atoms with Gasteiger partial charge in [0.2, 0.25) is 0 Å². The van der Waals surface area contributed by atoms with Crippen molar-refractivity contribution in [1.29, 1.82) is 0 Å². The van der Waals surface area contributed by atoms with Crippen LogP contribution in [0, 0.1) is 0 Å². The fourth-order valence-corrected chi connectivity index (χ4v) is 12.3. The van der Waals surface area contributed by atoms with E-state index in [2.05, 4.69) is 53.9 Å². The zero-order valence-corrected chi connectivity index (χ0v) is 51.0. The third-order valence-electron chi connectivity index (χ3n) is 12.8. The van der Waals surface area contributed by atoms with Gasteiger partial charge < -0.3 is 48.4 Å². The molecule has 4 unspecified atom stereocenters. The van der Waals surface area contributed by atoms with Gasteiger partial charge in [0, 0.05) is 17.8 Å². The number of carbonyl (C=O) groups is 3. The van der Waals surface area contributed by atoms with E-state index >= 15 is 17.6 Å². The number of halogens is 6. The molecule has 84 heavy (non-hydrogen) atoms. The molecule has 2 saturated heterocycles. The fraction of sp³-hybridized carbons (Fsp3) is 0.415. The van der Waals surface area contributed by atoms with Crippen LogP contribution in [0.1, 0.15) is 61.6 Å². The monoisotopic (exact) mass is 1350 g/mol. The Balaban J connectivity index is 0.000000241. The molecule has 0 spiro atoms. The molecule has 31 heteroatoms. The molecule has 0 radical (unpaired) electrons. The number of aliphatic hydroxyl groups is 2. The summed E-state index contributed by atoms with van der Waals surface area (Å²) in [5.74, 6) is -8.86. The number of ether oxygens (including phenoxy) is 4. The second-order valence-corrected chi connectivity index (χ2v) is 25.5. The molecule has 8 rings (SSSR count). The number of aliphatic hydroxyl groups excluding tert-OH is 2. The largest absolute Gasteiger partial charge is 0.462 e. The minimum Gasteiger partial charge on any atom is -0.462 e. The molecular weight excluding hydrogens is 1290 g/mol. The Morgan fingerprint density at radius 1 is 0.726 bits per heavy atom. The molecule has 0 saturated carbocycles. The maximum absolute atomic E-state index is 16.1. The number of aromatic amines is 1. The summed E-state index contributed by atoms with van der Waals surface area (Å²) in [4.78, 5) is 63.8. The van der Waals surface area contributed by atoms with E-state index in [-0.39, 0.29) is 26.3 Å². The van der Waals surface area contributed by atoms with E-state index in [0.29, 0.717) is 15.3 Å². The van der Waals surface area contributed by atoms with Crippen molar-refractivity contribution in [2.75, 3.05) is 13.2 Å². The number of nitrogens with one attached hydrogen (secondary N) is 4. The summed E-state index contributed by atoms with van der Waals surface area (Å²) in [5.41, 5.74) is -7.69. The van der Waals surface area contributed by atoms with Crippen LogP contribution < -0.4 is 35.8 Å². The first-order valence-corrected chi connectivity index (χ1v) is 30.2. The molecule has 23 nitrogen and oxygen atoms in total. The van der Waals surface area contributed by atoms with Crippen LogP contribution in [0.5, 0.6) is 11.5 Å². The minimum atomic E-state index is -4.71. The van der Waals surface area contributed by atoms with Crippen LogP contribution in [0.2, 0.25) is 0 Å². The second kappa shape index (κ2) is 25.6. The summed E-state index contributed by atoms with van der Waals surface area (Å²) >= 11 is 5.91. The smallest absolute Gasteiger partial charge is 0.459 e. The number of rotatable bonds is 20. The fourth-order valence-electron chi connectivity index (χ4n) is 8.63. The molecule has 3 aliphatic heterocycles. The van der Waals surface area contributed by atoms with Gasteiger partial charge in [0.15, 0.2) is 36.0 Å². The van der Waals surface area contributed by atoms with Gasteiger partial charge in [0.25, 0.3) is 23.2 Å². The predicted octanol–water partition coefficient (Wildman–Crippen LogP) is 8.39. The molecule has 1 aromatic heterocycles. The number of H-pyrrole nitrogens is 1. The van der Waals surface area contributed by atoms with Crippen LogP contribution in [0.4, 0.5) is 17.6 Å². The number of aromatic nitrogens is 2. The third kappa shape index (κ3) is 14.7. The van der Waals surface area contributed by atoms with Crippen LogP contribution in [0.15, 0.2) is 128 Å². The zero-order chi connectivity index (χ0) is 62.1. The molecule has 0 aliphatic carbocycles. The van der Waals surface area contributed by atoms with E-state index in [1.54, 1.807) is 88.4 Å². The number of hydrogen-bond donors (Lipinski definition) is 6. The lowest BCUT2D eigenvalue weighted by Gasteiger charge is -2.36. The number of fused-ring (bicyclic) bond motifs is 2. The highest BCUT2D eigenvalue weighted by atomic mass is 79.9. The Morgan fingerprint density at radius 3 is 1.80 bits per heavy atom. The van der Waals surface area contributed by atoms with Crippen LogP contribution >= 0.6 is 47.4 Å². The van der Waals surface area contributed by atoms with E-state index in [0.717, 1.165) is 41.9 Å². The summed E-state index contributed by atoms with van der Waals surface area (Å²) in [6.07, 6.45) is -7.91. The predicted molar refractivity (Wildman–Crippen MR) is 303 cm³/mol. The lowest BCUT2D eigenvalue weighted by molar-refractivity contribution is -0.206. The number of alkyl halides is 4. The van der Waals surface area contributed by atoms with Gasteiger partial charge in [0.05, 0.1) is 21.2 Å². The Kier molecular flexibility index (Phi) is 20.1. The molecule has 4 aromatic carbocycles. The van der Waals surface area contributed by atoms with Gasteiger partial charge in [0.1, 0.15) is 42.6 Å². The summed E-state index contributed by atoms with van der Waals surface area (Å²) < 4.78 is 135. The van der Waals surface area contributed by atoms with Crippen molar-refractivity contribution in [2.24, 2.45) is 0 Å². The van der Waals surface area contributed by atoms with Gasteiger partial charge in [-0.3, -0.25) is 37.8 Å². The van der Waals surface area contributed by atoms with Crippen molar-refractivity contribution in [3.8, 4) is 11.5 Å². The number of nitrogens with zero attached hydrogens (tertiary/aromatic N) is 2. The lowest BCUT2D eigenvalue weighted by Crippen LogP contribution is -2.52. The molecule has 1 amide bonds. The van der Waals surface area contributed by atoms with Crippen molar-refractivity contribution >= 4 is 86.7 Å². The Hall–Kier alpha value is -5.81. The first kappa shape index (κ1) is 65.7. The topological polar surface area (TPSA) is 294 Å². The summed E-state index contributed by atoms with van der Waals surface area (Å²) in [7, 11) is -9.34. The van der Waals surface area contributed by atoms with Crippen molar-refractivity contribution < 1.29 is 88.3 Å². The van der Waals surface area contributed by atoms with Gasteiger partial charge >= 0.3 is 33.1 Å². The molecule has 2 fully saturated rings. The lowest BCUT2D eigenvalue weighted by atomic mass is 9.96. The van der Waals surface area contributed by atoms with E-state index in [1.165, 1.54) is 26.0 Å². The summed E-state index contributed by atoms with van der Waals surface area (Å²) in [5, 5.41) is 31.3. The highest BCUT2D eigenvalue weighted by molar-refractivity contribution is 9.12. The van der Waals surface area contributed by atoms with Gasteiger partial charge in [-0.2, -0.15) is 10.2 Å². The van der Waals surface area contributed by atoms with Gasteiger partial charge in [-0.1, -0.05) is 73.3 Å². The number of carbonyl (C=O) groups excluding carboxylic acids is 3. The summed E-state index contributed by atoms with van der Waals surface area (Å²) in [6, 6.07) is 21.2. The van der Waals surface area contributed by atoms with Gasteiger partial charge in [-0.25, -0.2) is 31.5 Å². The zero-order valence-electron chi connectivity index (χ0n) is 46.1. The van der Waals surface area contributed by atoms with Crippen LogP contribution in [-0.4, -0.2) is 121 Å². The number of esters is 2. The molecule has 4 heterocycles. The third-order valence-corrected chi connectivity index (χ3v) is 17.2. The molecule has 6 N–H and O–H groups in total. The highest BCUT2D eigenvalue weighted by Gasteiger charge is 2.67. The van der Waals surface area contributed by atoms with Crippen molar-refractivity contribution in [2.45, 2.75) is 127 Å². The maximum Gasteiger partial charge on any atom is 0.459 e. The second-order valence-electron chi connectivity index (χ2n) is 20.4. The molecular formula is C53H60Br2F4N6O17P2. The number of benzene rings is 4. The molecule has 5 aromatic rings. The van der Waals surface area contributed by atoms with Crippen molar-refractivity contribution in [1.82, 2.24) is 29.9 Å². The van der Waals surface area contributed by atoms with E-state index in [9.17, 15) is 43.3 Å². The number of amides is 1. The maximum atomic E-state index is 16.1. The first-order valence-electron chi connectivity index (χ1n) is 25.6. The highest BCUT2D eigenvalue weighted by Crippen LogP contribution is 2.53. The number of hydrogen-bond acceptors (Lipinski definition) is 18. The Bertz CT molecular complexity index is 3570. The van der Waals surface area contributed by atoms with Crippen LogP contribution in [0.3, 0.4) is 0 Å². The molecule has 456 valence electrons. The van der Waals surface area contributed by atoms with Crippen LogP contribution in [0.25, 0.3) is 21.5 Å². The molecule has 3 aliphatic rings. The SMILES string of the molecule is C=C1NC(=O)C(Br)=CN1[C@@H]1O[C@](F)(COP(=O)(NC(C)C(=O)OC(C)C)Oc2ccc3ccccc3c2)[C@@H](O)[C@@]1(C)F.CC(C)OC(=O)C(C)NP(=O)(OC[C@@]1(F)O[C@@H](n2cc(Br)c(=O)[nH]c2=O)[C@](C)(F)[C@@H]1O)Oc1cccc2ccccc12. The first-order chi connectivity index (χ1) is 39.1. The van der Waals surface area contributed by atoms with Crippen LogP contribution in [-0.2, 0) is 51.5 Å². The summed E-state index contributed by atoms with van der Waals surface area (Å²) in [6.45, 7) is 11.7. The quantitative estimate of drug-likeness (QED) is 0.0242. The standard InChI is InChI=1S/C27H31BrF2N3O8P.C26H29BrF2N3O9P/c1-15(2)39-23(35)16(3)32-42(37,41-20-11-10-18-8-6-7-9-19(18)12-20)38-14-27(30)24(36)26(5,29)25(40-27)33-13-21(28)22(34)31-17(33)4;1-14(2)39-21(34)15(3)31-42(37,41-19-11-7-9-16-8-5-6-10-17(16)19)38-13-26(29)22(35)25(4,28)23(40-26)32-12-18(27)20(33)30-24(32)36/h6-13,15-16,24-25,36H,4,14H2,1-3,5H3,(H,31,34)(H,32,37);5-12,14-15,22-23,35H,13H2,1-4H3,(H,31,37)(H,30,33,36)/t16?,24-,25+,26+,27+,42?;15?,22-,23+,25+,26+,42?/m00/s1. The van der Waals surface area contributed by atoms with E-state index in [4.69, 9.17) is 37.0 Å².